The molecule has 0 spiro atoms. The third-order valence-electron chi connectivity index (χ3n) is 2.98. The Kier molecular flexibility index (Phi) is 3.51. The molecule has 2 nitrogen and oxygen atoms in total. The number of halogens is 1. The van der Waals surface area contributed by atoms with Crippen molar-refractivity contribution in [3.05, 3.63) is 53.8 Å². The van der Waals surface area contributed by atoms with E-state index in [4.69, 9.17) is 5.73 Å². The molecule has 2 aromatic rings. The summed E-state index contributed by atoms with van der Waals surface area (Å²) in [5.41, 5.74) is 8.89. The minimum Gasteiger partial charge on any atom is -0.397 e. The Balaban J connectivity index is 2.49. The van der Waals surface area contributed by atoms with Crippen LogP contribution in [0.25, 0.3) is 0 Å². The fourth-order valence-electron chi connectivity index (χ4n) is 2.02. The lowest BCUT2D eigenvalue weighted by molar-refractivity contribution is 0.619. The SMILES string of the molecule is CCN(c1ccccc1)c1cc(C)c(F)cc1N. The van der Waals surface area contributed by atoms with Crippen LogP contribution in [-0.4, -0.2) is 6.54 Å². The van der Waals surface area contributed by atoms with Crippen molar-refractivity contribution < 1.29 is 4.39 Å². The lowest BCUT2D eigenvalue weighted by atomic mass is 10.1. The highest BCUT2D eigenvalue weighted by Gasteiger charge is 2.12. The first-order valence-corrected chi connectivity index (χ1v) is 6.01. The van der Waals surface area contributed by atoms with Gasteiger partial charge in [0.2, 0.25) is 0 Å². The fraction of sp³-hybridized carbons (Fsp3) is 0.200. The van der Waals surface area contributed by atoms with Gasteiger partial charge in [0.1, 0.15) is 5.82 Å². The number of anilines is 3. The van der Waals surface area contributed by atoms with E-state index in [0.717, 1.165) is 17.9 Å². The highest BCUT2D eigenvalue weighted by atomic mass is 19.1. The highest BCUT2D eigenvalue weighted by Crippen LogP contribution is 2.31. The van der Waals surface area contributed by atoms with Crippen LogP contribution in [-0.2, 0) is 0 Å². The van der Waals surface area contributed by atoms with Crippen molar-refractivity contribution in [2.24, 2.45) is 0 Å². The molecule has 0 aliphatic carbocycles. The summed E-state index contributed by atoms with van der Waals surface area (Å²) in [7, 11) is 0. The molecular weight excluding hydrogens is 227 g/mol. The summed E-state index contributed by atoms with van der Waals surface area (Å²) >= 11 is 0. The zero-order valence-electron chi connectivity index (χ0n) is 10.7. The number of nitrogens with zero attached hydrogens (tertiary/aromatic N) is 1. The van der Waals surface area contributed by atoms with Crippen LogP contribution >= 0.6 is 0 Å². The molecular formula is C15H17FN2. The van der Waals surface area contributed by atoms with Crippen LogP contribution in [0.2, 0.25) is 0 Å². The number of benzene rings is 2. The van der Waals surface area contributed by atoms with E-state index >= 15 is 0 Å². The van der Waals surface area contributed by atoms with Crippen LogP contribution in [0.4, 0.5) is 21.5 Å². The van der Waals surface area contributed by atoms with Gasteiger partial charge in [-0.1, -0.05) is 18.2 Å². The Labute approximate surface area is 107 Å². The number of para-hydroxylation sites is 1. The van der Waals surface area contributed by atoms with Crippen molar-refractivity contribution in [2.45, 2.75) is 13.8 Å². The highest BCUT2D eigenvalue weighted by molar-refractivity contribution is 5.75. The quantitative estimate of drug-likeness (QED) is 0.830. The molecule has 0 aliphatic heterocycles. The predicted octanol–water partition coefficient (Wildman–Crippen LogP) is 3.87. The molecule has 0 saturated heterocycles. The molecule has 0 radical (unpaired) electrons. The third kappa shape index (κ3) is 2.30. The molecule has 0 atom stereocenters. The average molecular weight is 244 g/mol. The number of rotatable bonds is 3. The first kappa shape index (κ1) is 12.4. The minimum absolute atomic E-state index is 0.264. The number of nitrogen functional groups attached to an aromatic ring is 1. The molecule has 0 fully saturated rings. The maximum Gasteiger partial charge on any atom is 0.128 e. The molecule has 18 heavy (non-hydrogen) atoms. The van der Waals surface area contributed by atoms with E-state index < -0.39 is 0 Å². The van der Waals surface area contributed by atoms with Crippen LogP contribution < -0.4 is 10.6 Å². The van der Waals surface area contributed by atoms with Crippen molar-refractivity contribution in [1.82, 2.24) is 0 Å². The van der Waals surface area contributed by atoms with Crippen LogP contribution in [0.5, 0.6) is 0 Å². The van der Waals surface area contributed by atoms with Gasteiger partial charge >= 0.3 is 0 Å². The second kappa shape index (κ2) is 5.08. The van der Waals surface area contributed by atoms with Crippen LogP contribution in [0.15, 0.2) is 42.5 Å². The minimum atomic E-state index is -0.264. The third-order valence-corrected chi connectivity index (χ3v) is 2.98. The van der Waals surface area contributed by atoms with Crippen LogP contribution in [0.1, 0.15) is 12.5 Å². The molecule has 2 aromatic carbocycles. The largest absolute Gasteiger partial charge is 0.397 e. The fourth-order valence-corrected chi connectivity index (χ4v) is 2.02. The van der Waals surface area contributed by atoms with E-state index in [1.54, 1.807) is 13.0 Å². The van der Waals surface area contributed by atoms with Crippen LogP contribution in [0.3, 0.4) is 0 Å². The van der Waals surface area contributed by atoms with Gasteiger partial charge in [0, 0.05) is 12.2 Å². The van der Waals surface area contributed by atoms with E-state index in [1.165, 1.54) is 6.07 Å². The van der Waals surface area contributed by atoms with E-state index in [0.29, 0.717) is 11.3 Å². The van der Waals surface area contributed by atoms with Gasteiger partial charge in [0.05, 0.1) is 11.4 Å². The van der Waals surface area contributed by atoms with Crippen molar-refractivity contribution >= 4 is 17.1 Å². The van der Waals surface area contributed by atoms with Gasteiger partial charge in [0.15, 0.2) is 0 Å². The molecule has 2 rings (SSSR count). The standard InChI is InChI=1S/C15H17FN2/c1-3-18(12-7-5-4-6-8-12)15-9-11(2)13(16)10-14(15)17/h4-10H,3,17H2,1-2H3. The first-order valence-electron chi connectivity index (χ1n) is 6.01. The van der Waals surface area contributed by atoms with Gasteiger partial charge in [-0.3, -0.25) is 0 Å². The van der Waals surface area contributed by atoms with Gasteiger partial charge < -0.3 is 10.6 Å². The Morgan fingerprint density at radius 1 is 1.17 bits per heavy atom. The van der Waals surface area contributed by atoms with Crippen molar-refractivity contribution in [3.63, 3.8) is 0 Å². The Hall–Kier alpha value is -2.03. The second-order valence-corrected chi connectivity index (χ2v) is 4.24. The number of hydrogen-bond acceptors (Lipinski definition) is 2. The van der Waals surface area contributed by atoms with Gasteiger partial charge in [-0.25, -0.2) is 4.39 Å². The summed E-state index contributed by atoms with van der Waals surface area (Å²) < 4.78 is 13.4. The molecule has 0 saturated carbocycles. The summed E-state index contributed by atoms with van der Waals surface area (Å²) in [4.78, 5) is 2.07. The lowest BCUT2D eigenvalue weighted by Gasteiger charge is -2.25. The van der Waals surface area contributed by atoms with E-state index in [-0.39, 0.29) is 5.82 Å². The summed E-state index contributed by atoms with van der Waals surface area (Å²) in [5.74, 6) is -0.264. The molecule has 0 aromatic heterocycles. The molecule has 94 valence electrons. The molecule has 0 aliphatic rings. The summed E-state index contributed by atoms with van der Waals surface area (Å²) in [5, 5.41) is 0. The Morgan fingerprint density at radius 3 is 2.44 bits per heavy atom. The van der Waals surface area contributed by atoms with Crippen molar-refractivity contribution in [3.8, 4) is 0 Å². The summed E-state index contributed by atoms with van der Waals surface area (Å²) in [6.07, 6.45) is 0. The Bertz CT molecular complexity index is 538. The molecule has 3 heteroatoms. The monoisotopic (exact) mass is 244 g/mol. The van der Waals surface area contributed by atoms with Crippen molar-refractivity contribution in [2.75, 3.05) is 17.2 Å². The first-order chi connectivity index (χ1) is 8.63. The topological polar surface area (TPSA) is 29.3 Å². The lowest BCUT2D eigenvalue weighted by Crippen LogP contribution is -2.17. The molecule has 0 bridgehead atoms. The number of hydrogen-bond donors (Lipinski definition) is 1. The molecule has 2 N–H and O–H groups in total. The van der Waals surface area contributed by atoms with Gasteiger partial charge in [-0.05, 0) is 43.7 Å². The molecule has 0 amide bonds. The van der Waals surface area contributed by atoms with Gasteiger partial charge in [-0.2, -0.15) is 0 Å². The predicted molar refractivity (Wildman–Crippen MR) is 74.7 cm³/mol. The average Bonchev–Trinajstić information content (AvgIpc) is 2.38. The van der Waals surface area contributed by atoms with Crippen LogP contribution in [0, 0.1) is 12.7 Å². The maximum atomic E-state index is 13.4. The second-order valence-electron chi connectivity index (χ2n) is 4.24. The van der Waals surface area contributed by atoms with Gasteiger partial charge in [0.25, 0.3) is 0 Å². The van der Waals surface area contributed by atoms with Gasteiger partial charge in [-0.15, -0.1) is 0 Å². The summed E-state index contributed by atoms with van der Waals surface area (Å²) in [6, 6.07) is 13.1. The molecule has 0 heterocycles. The maximum absolute atomic E-state index is 13.4. The normalized spacial score (nSPS) is 10.4. The number of aryl methyl sites for hydroxylation is 1. The van der Waals surface area contributed by atoms with E-state index in [2.05, 4.69) is 4.90 Å². The summed E-state index contributed by atoms with van der Waals surface area (Å²) in [6.45, 7) is 4.57. The van der Waals surface area contributed by atoms with E-state index in [1.807, 2.05) is 37.3 Å². The molecule has 0 unspecified atom stereocenters. The smallest absolute Gasteiger partial charge is 0.128 e. The van der Waals surface area contributed by atoms with E-state index in [9.17, 15) is 4.39 Å². The van der Waals surface area contributed by atoms with Crippen molar-refractivity contribution in [1.29, 1.82) is 0 Å². The zero-order valence-corrected chi connectivity index (χ0v) is 10.7. The number of nitrogens with two attached hydrogens (primary N) is 1. The Morgan fingerprint density at radius 2 is 1.83 bits per heavy atom. The zero-order chi connectivity index (χ0) is 13.1.